The van der Waals surface area contributed by atoms with Crippen LogP contribution in [0.5, 0.6) is 0 Å². The number of nitrogens with zero attached hydrogens (tertiary/aromatic N) is 5. The third kappa shape index (κ3) is 7.42. The van der Waals surface area contributed by atoms with E-state index in [1.165, 1.54) is 111 Å². The van der Waals surface area contributed by atoms with Crippen molar-refractivity contribution in [1.82, 2.24) is 24.9 Å². The molecule has 5 nitrogen and oxygen atoms in total. The minimum Gasteiger partial charge on any atom is -0.253 e. The second kappa shape index (κ2) is 16.3. The molecule has 0 spiro atoms. The summed E-state index contributed by atoms with van der Waals surface area (Å²) in [4.78, 5) is 25.2. The molecular weight excluding hydrogens is 707 g/mol. The molecule has 0 aliphatic heterocycles. The predicted octanol–water partition coefficient (Wildman–Crippen LogP) is 13.8. The Kier molecular flexibility index (Phi) is 12.4. The van der Waals surface area contributed by atoms with Crippen LogP contribution in [0.25, 0.3) is 45.3 Å². The van der Waals surface area contributed by atoms with Crippen molar-refractivity contribution < 1.29 is 0 Å². The lowest BCUT2D eigenvalue weighted by molar-refractivity contribution is 1.05. The van der Waals surface area contributed by atoms with Crippen molar-refractivity contribution >= 4 is 0 Å². The third-order valence-electron chi connectivity index (χ3n) is 14.4. The van der Waals surface area contributed by atoms with Crippen molar-refractivity contribution in [1.29, 1.82) is 0 Å². The lowest BCUT2D eigenvalue weighted by Crippen LogP contribution is -2.07. The van der Waals surface area contributed by atoms with E-state index in [9.17, 15) is 0 Å². The summed E-state index contributed by atoms with van der Waals surface area (Å²) >= 11 is 0. The van der Waals surface area contributed by atoms with E-state index >= 15 is 0 Å². The van der Waals surface area contributed by atoms with Gasteiger partial charge in [0, 0.05) is 33.9 Å². The maximum absolute atomic E-state index is 5.19. The molecule has 304 valence electrons. The highest BCUT2D eigenvalue weighted by atomic mass is 14.8. The fourth-order valence-electron chi connectivity index (χ4n) is 8.16. The summed E-state index contributed by atoms with van der Waals surface area (Å²) in [6, 6.07) is 2.32. The molecule has 0 aliphatic carbocycles. The number of hydrogen-bond donors (Lipinski definition) is 0. The van der Waals surface area contributed by atoms with E-state index in [0.29, 0.717) is 0 Å². The summed E-state index contributed by atoms with van der Waals surface area (Å²) in [6.07, 6.45) is 0. The van der Waals surface area contributed by atoms with Crippen LogP contribution in [0, 0.1) is 152 Å². The Morgan fingerprint density at radius 1 is 0.190 bits per heavy atom. The van der Waals surface area contributed by atoms with Gasteiger partial charge in [-0.05, 0) is 259 Å². The molecule has 0 amide bonds. The van der Waals surface area contributed by atoms with Gasteiger partial charge < -0.3 is 0 Å². The molecule has 0 fully saturated rings. The third-order valence-corrected chi connectivity index (χ3v) is 14.4. The summed E-state index contributed by atoms with van der Waals surface area (Å²) in [5, 5.41) is 0. The molecule has 0 unspecified atom stereocenters. The average Bonchev–Trinajstić information content (AvgIpc) is 3.19. The Morgan fingerprint density at radius 3 is 0.655 bits per heavy atom. The van der Waals surface area contributed by atoms with E-state index in [-0.39, 0.29) is 0 Å². The first kappa shape index (κ1) is 44.1. The van der Waals surface area contributed by atoms with Gasteiger partial charge in [0.15, 0.2) is 0 Å². The molecule has 0 atom stereocenters. The molecule has 5 aromatic heterocycles. The molecule has 6 aromatic rings. The molecule has 5 heteroatoms. The van der Waals surface area contributed by atoms with Gasteiger partial charge in [0.1, 0.15) is 0 Å². The van der Waals surface area contributed by atoms with Gasteiger partial charge in [0.05, 0.1) is 34.2 Å². The number of hydrogen-bond acceptors (Lipinski definition) is 5. The van der Waals surface area contributed by atoms with Gasteiger partial charge in [-0.25, -0.2) is 4.98 Å². The van der Waals surface area contributed by atoms with Gasteiger partial charge in [0.2, 0.25) is 0 Å². The highest BCUT2D eigenvalue weighted by Crippen LogP contribution is 2.39. The SMILES string of the molecule is Cc1nc(-c2cc(-c3nc(C)c(C)c(C)c3C)c(C)c(C)c2C)c(C)c(C)c1C.Cc1nc(-c2nc(-c3nc(C)c(C)c(C)c3C)c(C)c(C)c2C)c(C)c(C)c1C. The topological polar surface area (TPSA) is 64.5 Å². The van der Waals surface area contributed by atoms with Crippen LogP contribution in [0.4, 0.5) is 0 Å². The molecule has 0 aliphatic rings. The molecule has 0 bridgehead atoms. The van der Waals surface area contributed by atoms with Crippen LogP contribution in [0.2, 0.25) is 0 Å². The number of rotatable bonds is 4. The minimum atomic E-state index is 0.976. The quantitative estimate of drug-likeness (QED) is 0.178. The second-order valence-corrected chi connectivity index (χ2v) is 17.2. The monoisotopic (exact) mass is 774 g/mol. The smallest absolute Gasteiger partial charge is 0.0929 e. The van der Waals surface area contributed by atoms with E-state index in [4.69, 9.17) is 24.9 Å². The van der Waals surface area contributed by atoms with Gasteiger partial charge in [-0.2, -0.15) is 0 Å². The van der Waals surface area contributed by atoms with Crippen molar-refractivity contribution in [2.24, 2.45) is 0 Å². The van der Waals surface area contributed by atoms with Crippen LogP contribution < -0.4 is 0 Å². The Labute approximate surface area is 350 Å². The van der Waals surface area contributed by atoms with Crippen molar-refractivity contribution in [3.63, 3.8) is 0 Å². The summed E-state index contributed by atoms with van der Waals surface area (Å²) in [5.41, 5.74) is 35.9. The highest BCUT2D eigenvalue weighted by molar-refractivity contribution is 5.80. The van der Waals surface area contributed by atoms with Crippen LogP contribution in [-0.2, 0) is 0 Å². The number of benzene rings is 1. The van der Waals surface area contributed by atoms with Crippen molar-refractivity contribution in [2.75, 3.05) is 0 Å². The Morgan fingerprint density at radius 2 is 0.379 bits per heavy atom. The summed E-state index contributed by atoms with van der Waals surface area (Å²) in [7, 11) is 0. The molecule has 0 radical (unpaired) electrons. The van der Waals surface area contributed by atoms with Crippen LogP contribution in [0.15, 0.2) is 6.07 Å². The molecule has 6 rings (SSSR count). The number of aromatic nitrogens is 5. The summed E-state index contributed by atoms with van der Waals surface area (Å²) in [6.45, 7) is 47.7. The zero-order valence-electron chi connectivity index (χ0n) is 39.8. The van der Waals surface area contributed by atoms with Crippen molar-refractivity contribution in [3.8, 4) is 45.3 Å². The molecular formula is C53H67N5. The normalized spacial score (nSPS) is 11.3. The fraction of sp³-hybridized carbons (Fsp3) is 0.415. The van der Waals surface area contributed by atoms with Crippen LogP contribution in [0.1, 0.15) is 123 Å². The first-order valence-electron chi connectivity index (χ1n) is 20.8. The predicted molar refractivity (Wildman–Crippen MR) is 248 cm³/mol. The number of aryl methyl sites for hydroxylation is 4. The lowest BCUT2D eigenvalue weighted by atomic mass is 9.87. The Balaban J connectivity index is 0.000000221. The molecule has 0 saturated heterocycles. The van der Waals surface area contributed by atoms with E-state index < -0.39 is 0 Å². The Bertz CT molecular complexity index is 2310. The van der Waals surface area contributed by atoms with Crippen LogP contribution in [0.3, 0.4) is 0 Å². The first-order chi connectivity index (χ1) is 26.9. The van der Waals surface area contributed by atoms with E-state index in [1.54, 1.807) is 0 Å². The van der Waals surface area contributed by atoms with Crippen LogP contribution >= 0.6 is 0 Å². The van der Waals surface area contributed by atoms with Gasteiger partial charge in [-0.15, -0.1) is 0 Å². The largest absolute Gasteiger partial charge is 0.253 e. The molecule has 0 N–H and O–H groups in total. The lowest BCUT2D eigenvalue weighted by Gasteiger charge is -2.21. The fourth-order valence-corrected chi connectivity index (χ4v) is 8.16. The maximum Gasteiger partial charge on any atom is 0.0929 e. The molecule has 0 saturated carbocycles. The standard InChI is InChI=1S/C27H34N2.C26H33N3/c1-13-16(4)22(10)28-26(20(13)8)24-12-25(19(7)15(3)18(24)6)27-21(9)14(2)17(5)23(11)29-27;1-12-15(4)21(10)27-23(17(12)6)25-19(8)14(3)20(9)26(29-25)24-18(7)13(2)16(5)22(11)28-24/h12H,1-11H3;1-11H3. The average molecular weight is 774 g/mol. The van der Waals surface area contributed by atoms with Crippen molar-refractivity contribution in [2.45, 2.75) is 152 Å². The highest BCUT2D eigenvalue weighted by Gasteiger charge is 2.23. The number of pyridine rings is 5. The zero-order chi connectivity index (χ0) is 43.6. The minimum absolute atomic E-state index is 0.976. The van der Waals surface area contributed by atoms with Crippen molar-refractivity contribution in [3.05, 3.63) is 129 Å². The van der Waals surface area contributed by atoms with Gasteiger partial charge in [-0.3, -0.25) is 19.9 Å². The maximum atomic E-state index is 5.19. The van der Waals surface area contributed by atoms with Gasteiger partial charge >= 0.3 is 0 Å². The summed E-state index contributed by atoms with van der Waals surface area (Å²) in [5.74, 6) is 0. The van der Waals surface area contributed by atoms with Gasteiger partial charge in [-0.1, -0.05) is 0 Å². The van der Waals surface area contributed by atoms with E-state index in [1.807, 2.05) is 0 Å². The molecule has 58 heavy (non-hydrogen) atoms. The van der Waals surface area contributed by atoms with E-state index in [0.717, 1.165) is 56.9 Å². The zero-order valence-corrected chi connectivity index (χ0v) is 39.8. The Hall–Kier alpha value is -5.03. The van der Waals surface area contributed by atoms with Gasteiger partial charge in [0.25, 0.3) is 0 Å². The molecule has 5 heterocycles. The van der Waals surface area contributed by atoms with Crippen LogP contribution in [-0.4, -0.2) is 24.9 Å². The summed E-state index contributed by atoms with van der Waals surface area (Å²) < 4.78 is 0. The van der Waals surface area contributed by atoms with E-state index in [2.05, 4.69) is 158 Å². The molecule has 1 aromatic carbocycles. The second-order valence-electron chi connectivity index (χ2n) is 17.2. The first-order valence-corrected chi connectivity index (χ1v) is 20.8.